The number of nitrogens with zero attached hydrogens (tertiary/aromatic N) is 1. The van der Waals surface area contributed by atoms with Gasteiger partial charge in [-0.25, -0.2) is 4.79 Å². The lowest BCUT2D eigenvalue weighted by molar-refractivity contribution is -0.122. The molecule has 1 aliphatic heterocycles. The Bertz CT molecular complexity index is 1120. The predicted octanol–water partition coefficient (Wildman–Crippen LogP) is 4.74. The molecule has 0 radical (unpaired) electrons. The zero-order chi connectivity index (χ0) is 20.7. The molecule has 1 heterocycles. The Hall–Kier alpha value is -3.47. The summed E-state index contributed by atoms with van der Waals surface area (Å²) in [5, 5.41) is 1.85. The van der Waals surface area contributed by atoms with Crippen LogP contribution in [0.5, 0.6) is 5.75 Å². The van der Waals surface area contributed by atoms with Crippen molar-refractivity contribution in [1.82, 2.24) is 0 Å². The van der Waals surface area contributed by atoms with Crippen LogP contribution in [0.1, 0.15) is 36.0 Å². The van der Waals surface area contributed by atoms with Gasteiger partial charge in [-0.15, -0.1) is 0 Å². The third-order valence-corrected chi connectivity index (χ3v) is 6.15. The maximum absolute atomic E-state index is 12.7. The molecule has 0 aromatic heterocycles. The minimum absolute atomic E-state index is 0.115. The quantitative estimate of drug-likeness (QED) is 0.363. The van der Waals surface area contributed by atoms with Gasteiger partial charge in [0, 0.05) is 5.39 Å². The van der Waals surface area contributed by atoms with Gasteiger partial charge in [-0.2, -0.15) is 0 Å². The van der Waals surface area contributed by atoms with E-state index in [4.69, 9.17) is 4.74 Å². The maximum atomic E-state index is 12.7. The summed E-state index contributed by atoms with van der Waals surface area (Å²) < 4.78 is 5.61. The van der Waals surface area contributed by atoms with E-state index < -0.39 is 5.97 Å². The number of fused-ring (bicyclic) bond motifs is 2. The average Bonchev–Trinajstić information content (AvgIpc) is 3.04. The van der Waals surface area contributed by atoms with Crippen LogP contribution in [0, 0.1) is 11.8 Å². The number of carbonyl (C=O) groups is 3. The summed E-state index contributed by atoms with van der Waals surface area (Å²) in [5.74, 6) is -0.599. The van der Waals surface area contributed by atoms with Gasteiger partial charge in [0.1, 0.15) is 5.75 Å². The fraction of sp³-hybridized carbons (Fsp3) is 0.240. The molecule has 2 unspecified atom stereocenters. The third kappa shape index (κ3) is 3.07. The van der Waals surface area contributed by atoms with Crippen LogP contribution < -0.4 is 9.64 Å². The largest absolute Gasteiger partial charge is 0.422 e. The molecule has 5 nitrogen and oxygen atoms in total. The van der Waals surface area contributed by atoms with Crippen molar-refractivity contribution < 1.29 is 19.1 Å². The Morgan fingerprint density at radius 3 is 2.13 bits per heavy atom. The van der Waals surface area contributed by atoms with Gasteiger partial charge in [-0.3, -0.25) is 14.5 Å². The van der Waals surface area contributed by atoms with Crippen LogP contribution in [0.4, 0.5) is 5.69 Å². The Morgan fingerprint density at radius 1 is 0.800 bits per heavy atom. The minimum atomic E-state index is -0.481. The normalized spacial score (nSPS) is 21.0. The van der Waals surface area contributed by atoms with Crippen molar-refractivity contribution in [2.24, 2.45) is 11.8 Å². The van der Waals surface area contributed by atoms with Gasteiger partial charge in [-0.1, -0.05) is 49.2 Å². The molecule has 2 atom stereocenters. The van der Waals surface area contributed by atoms with Crippen LogP contribution >= 0.6 is 0 Å². The summed E-state index contributed by atoms with van der Waals surface area (Å²) in [6.45, 7) is 0. The highest BCUT2D eigenvalue weighted by Gasteiger charge is 2.48. The van der Waals surface area contributed by atoms with Crippen molar-refractivity contribution in [3.63, 3.8) is 0 Å². The second kappa shape index (κ2) is 7.41. The van der Waals surface area contributed by atoms with Gasteiger partial charge in [0.2, 0.25) is 11.8 Å². The first kappa shape index (κ1) is 18.6. The third-order valence-electron chi connectivity index (χ3n) is 6.15. The average molecular weight is 399 g/mol. The zero-order valence-electron chi connectivity index (χ0n) is 16.4. The Kier molecular flexibility index (Phi) is 4.58. The fourth-order valence-corrected chi connectivity index (χ4v) is 4.61. The molecule has 2 amide bonds. The lowest BCUT2D eigenvalue weighted by atomic mass is 9.81. The fourth-order valence-electron chi connectivity index (χ4n) is 4.61. The van der Waals surface area contributed by atoms with Crippen LogP contribution in [-0.2, 0) is 9.59 Å². The van der Waals surface area contributed by atoms with E-state index >= 15 is 0 Å². The molecule has 150 valence electrons. The first-order valence-electron chi connectivity index (χ1n) is 10.3. The highest BCUT2D eigenvalue weighted by Crippen LogP contribution is 2.40. The van der Waals surface area contributed by atoms with Crippen molar-refractivity contribution in [2.45, 2.75) is 25.7 Å². The van der Waals surface area contributed by atoms with E-state index in [-0.39, 0.29) is 23.7 Å². The number of rotatable bonds is 3. The van der Waals surface area contributed by atoms with E-state index in [9.17, 15) is 14.4 Å². The number of hydrogen-bond acceptors (Lipinski definition) is 4. The predicted molar refractivity (Wildman–Crippen MR) is 113 cm³/mol. The van der Waals surface area contributed by atoms with Crippen LogP contribution in [0.2, 0.25) is 0 Å². The molecule has 0 bridgehead atoms. The van der Waals surface area contributed by atoms with Crippen molar-refractivity contribution in [3.05, 3.63) is 72.3 Å². The van der Waals surface area contributed by atoms with Crippen LogP contribution in [-0.4, -0.2) is 17.8 Å². The number of imide groups is 1. The number of benzene rings is 3. The minimum Gasteiger partial charge on any atom is -0.422 e. The highest BCUT2D eigenvalue weighted by atomic mass is 16.5. The molecule has 5 heteroatoms. The van der Waals surface area contributed by atoms with E-state index in [1.54, 1.807) is 30.3 Å². The van der Waals surface area contributed by atoms with Crippen molar-refractivity contribution >= 4 is 34.2 Å². The van der Waals surface area contributed by atoms with Crippen molar-refractivity contribution in [3.8, 4) is 5.75 Å². The molecular weight excluding hydrogens is 378 g/mol. The van der Waals surface area contributed by atoms with Crippen LogP contribution in [0.25, 0.3) is 10.8 Å². The molecule has 0 spiro atoms. The summed E-state index contributed by atoms with van der Waals surface area (Å²) in [7, 11) is 0. The smallest absolute Gasteiger partial charge is 0.343 e. The molecule has 30 heavy (non-hydrogen) atoms. The summed E-state index contributed by atoms with van der Waals surface area (Å²) in [6.07, 6.45) is 3.54. The molecule has 1 saturated carbocycles. The molecule has 3 aromatic carbocycles. The number of anilines is 1. The lowest BCUT2D eigenvalue weighted by Gasteiger charge is -2.19. The van der Waals surface area contributed by atoms with E-state index in [1.807, 2.05) is 36.4 Å². The summed E-state index contributed by atoms with van der Waals surface area (Å²) in [4.78, 5) is 39.4. The number of ether oxygens (including phenoxy) is 1. The lowest BCUT2D eigenvalue weighted by Crippen LogP contribution is -2.30. The first-order valence-corrected chi connectivity index (χ1v) is 10.3. The van der Waals surface area contributed by atoms with E-state index in [1.165, 1.54) is 4.90 Å². The first-order chi connectivity index (χ1) is 14.6. The van der Waals surface area contributed by atoms with Gasteiger partial charge >= 0.3 is 5.97 Å². The maximum Gasteiger partial charge on any atom is 0.343 e. The van der Waals surface area contributed by atoms with Gasteiger partial charge < -0.3 is 4.74 Å². The zero-order valence-corrected chi connectivity index (χ0v) is 16.4. The van der Waals surface area contributed by atoms with Crippen LogP contribution in [0.15, 0.2) is 66.7 Å². The van der Waals surface area contributed by atoms with Crippen molar-refractivity contribution in [2.75, 3.05) is 4.90 Å². The standard InChI is InChI=1S/C25H21NO4/c27-23-20-9-3-4-10-21(20)24(28)26(23)18-14-12-17(13-15-18)25(29)30-22-11-5-7-16-6-1-2-8-19(16)22/h1-2,5-8,11-15,20-21H,3-4,9-10H2. The summed E-state index contributed by atoms with van der Waals surface area (Å²) >= 11 is 0. The second-order valence-electron chi connectivity index (χ2n) is 7.92. The van der Waals surface area contributed by atoms with Gasteiger partial charge in [-0.05, 0) is 48.6 Å². The topological polar surface area (TPSA) is 63.7 Å². The second-order valence-corrected chi connectivity index (χ2v) is 7.92. The van der Waals surface area contributed by atoms with Crippen LogP contribution in [0.3, 0.4) is 0 Å². The molecule has 2 aliphatic rings. The van der Waals surface area contributed by atoms with E-state index in [0.29, 0.717) is 17.0 Å². The number of hydrogen-bond donors (Lipinski definition) is 0. The van der Waals surface area contributed by atoms with Gasteiger partial charge in [0.25, 0.3) is 0 Å². The molecule has 2 fully saturated rings. The number of amides is 2. The summed E-state index contributed by atoms with van der Waals surface area (Å²) in [5.41, 5.74) is 0.879. The Labute approximate surface area is 174 Å². The Balaban J connectivity index is 1.36. The molecule has 3 aromatic rings. The SMILES string of the molecule is O=C(Oc1cccc2ccccc12)c1ccc(N2C(=O)C3CCCCC3C2=O)cc1. The van der Waals surface area contributed by atoms with Gasteiger partial charge in [0.05, 0.1) is 23.1 Å². The number of esters is 1. The highest BCUT2D eigenvalue weighted by molar-refractivity contribution is 6.22. The Morgan fingerprint density at radius 2 is 1.43 bits per heavy atom. The van der Waals surface area contributed by atoms with E-state index in [0.717, 1.165) is 36.5 Å². The monoisotopic (exact) mass is 399 g/mol. The molecular formula is C25H21NO4. The molecule has 0 N–H and O–H groups in total. The number of carbonyl (C=O) groups excluding carboxylic acids is 3. The molecule has 5 rings (SSSR count). The van der Waals surface area contributed by atoms with Gasteiger partial charge in [0.15, 0.2) is 0 Å². The molecule has 1 aliphatic carbocycles. The van der Waals surface area contributed by atoms with Crippen molar-refractivity contribution in [1.29, 1.82) is 0 Å². The molecule has 1 saturated heterocycles. The summed E-state index contributed by atoms with van der Waals surface area (Å²) in [6, 6.07) is 19.8. The van der Waals surface area contributed by atoms with E-state index in [2.05, 4.69) is 0 Å².